The van der Waals surface area contributed by atoms with Crippen LogP contribution in [0.1, 0.15) is 24.1 Å². The fourth-order valence-electron chi connectivity index (χ4n) is 3.02. The molecule has 2 aromatic rings. The maximum atomic E-state index is 12.5. The van der Waals surface area contributed by atoms with Crippen molar-refractivity contribution in [3.8, 4) is 0 Å². The minimum absolute atomic E-state index is 0.0185. The van der Waals surface area contributed by atoms with Gasteiger partial charge in [0.25, 0.3) is 0 Å². The van der Waals surface area contributed by atoms with Gasteiger partial charge in [0.2, 0.25) is 5.91 Å². The van der Waals surface area contributed by atoms with Gasteiger partial charge in [-0.15, -0.1) is 0 Å². The van der Waals surface area contributed by atoms with Gasteiger partial charge < -0.3 is 14.2 Å². The Balaban J connectivity index is 1.65. The number of hydrogen-bond donors (Lipinski definition) is 0. The van der Waals surface area contributed by atoms with Gasteiger partial charge in [0.05, 0.1) is 19.4 Å². The summed E-state index contributed by atoms with van der Waals surface area (Å²) in [7, 11) is 1.40. The standard InChI is InChI=1S/C17H20N2O4/c1-11-3-4-15-13(9-11)14(18-23-15)10-16(20)19-7-5-12(6-8-19)17(21)22-2/h3-4,9,12H,5-8,10H2,1-2H3. The molecule has 1 aliphatic heterocycles. The highest BCUT2D eigenvalue weighted by Crippen LogP contribution is 2.22. The second-order valence-electron chi connectivity index (χ2n) is 5.98. The summed E-state index contributed by atoms with van der Waals surface area (Å²) in [5.41, 5.74) is 2.47. The number of methoxy groups -OCH3 is 1. The Kier molecular flexibility index (Phi) is 4.32. The fourth-order valence-corrected chi connectivity index (χ4v) is 3.02. The summed E-state index contributed by atoms with van der Waals surface area (Å²) in [5, 5.41) is 4.92. The number of carbonyl (C=O) groups is 2. The lowest BCUT2D eigenvalue weighted by Crippen LogP contribution is -2.41. The Bertz CT molecular complexity index is 729. The van der Waals surface area contributed by atoms with Crippen LogP contribution in [-0.2, 0) is 20.7 Å². The van der Waals surface area contributed by atoms with Crippen LogP contribution in [0.15, 0.2) is 22.7 Å². The predicted molar refractivity (Wildman–Crippen MR) is 83.8 cm³/mol. The van der Waals surface area contributed by atoms with Gasteiger partial charge in [0.1, 0.15) is 5.69 Å². The number of nitrogens with zero attached hydrogens (tertiary/aromatic N) is 2. The first-order valence-corrected chi connectivity index (χ1v) is 7.79. The molecule has 1 fully saturated rings. The number of fused-ring (bicyclic) bond motifs is 1. The molecule has 1 aliphatic rings. The summed E-state index contributed by atoms with van der Waals surface area (Å²) < 4.78 is 10.0. The molecular formula is C17H20N2O4. The number of aromatic nitrogens is 1. The van der Waals surface area contributed by atoms with Crippen molar-refractivity contribution >= 4 is 22.8 Å². The van der Waals surface area contributed by atoms with Crippen LogP contribution in [-0.4, -0.2) is 42.1 Å². The summed E-state index contributed by atoms with van der Waals surface area (Å²) in [4.78, 5) is 25.8. The van der Waals surface area contributed by atoms with Crippen LogP contribution < -0.4 is 0 Å². The average molecular weight is 316 g/mol. The number of piperidine rings is 1. The van der Waals surface area contributed by atoms with Crippen molar-refractivity contribution in [2.24, 2.45) is 5.92 Å². The second-order valence-corrected chi connectivity index (χ2v) is 5.98. The number of benzene rings is 1. The van der Waals surface area contributed by atoms with Crippen LogP contribution >= 0.6 is 0 Å². The van der Waals surface area contributed by atoms with Crippen molar-refractivity contribution in [2.45, 2.75) is 26.2 Å². The molecular weight excluding hydrogens is 296 g/mol. The Morgan fingerprint density at radius 2 is 2.09 bits per heavy atom. The van der Waals surface area contributed by atoms with Crippen LogP contribution in [0.5, 0.6) is 0 Å². The molecule has 1 aromatic heterocycles. The highest BCUT2D eigenvalue weighted by atomic mass is 16.5. The molecule has 0 N–H and O–H groups in total. The number of esters is 1. The first kappa shape index (κ1) is 15.5. The molecule has 1 amide bonds. The van der Waals surface area contributed by atoms with Gasteiger partial charge in [0.15, 0.2) is 5.58 Å². The molecule has 3 rings (SSSR count). The first-order chi connectivity index (χ1) is 11.1. The Hall–Kier alpha value is -2.37. The van der Waals surface area contributed by atoms with E-state index in [0.29, 0.717) is 37.2 Å². The lowest BCUT2D eigenvalue weighted by atomic mass is 9.96. The van der Waals surface area contributed by atoms with E-state index in [4.69, 9.17) is 9.26 Å². The molecule has 0 unspecified atom stereocenters. The largest absolute Gasteiger partial charge is 0.469 e. The Morgan fingerprint density at radius 1 is 1.35 bits per heavy atom. The highest BCUT2D eigenvalue weighted by Gasteiger charge is 2.28. The van der Waals surface area contributed by atoms with Gasteiger partial charge >= 0.3 is 5.97 Å². The van der Waals surface area contributed by atoms with E-state index in [9.17, 15) is 9.59 Å². The van der Waals surface area contributed by atoms with Gasteiger partial charge in [-0.3, -0.25) is 9.59 Å². The van der Waals surface area contributed by atoms with Crippen LogP contribution in [0.2, 0.25) is 0 Å². The van der Waals surface area contributed by atoms with Crippen LogP contribution in [0.3, 0.4) is 0 Å². The number of rotatable bonds is 3. The van der Waals surface area contributed by atoms with Crippen molar-refractivity contribution in [3.63, 3.8) is 0 Å². The van der Waals surface area contributed by atoms with Crippen LogP contribution in [0.25, 0.3) is 11.0 Å². The number of likely N-dealkylation sites (tertiary alicyclic amines) is 1. The molecule has 0 spiro atoms. The zero-order valence-electron chi connectivity index (χ0n) is 13.4. The summed E-state index contributed by atoms with van der Waals surface area (Å²) >= 11 is 0. The molecule has 0 atom stereocenters. The smallest absolute Gasteiger partial charge is 0.308 e. The van der Waals surface area contributed by atoms with Crippen molar-refractivity contribution in [1.82, 2.24) is 10.1 Å². The highest BCUT2D eigenvalue weighted by molar-refractivity contribution is 5.86. The number of carbonyl (C=O) groups excluding carboxylic acids is 2. The van der Waals surface area contributed by atoms with E-state index in [1.807, 2.05) is 25.1 Å². The van der Waals surface area contributed by atoms with Crippen molar-refractivity contribution in [3.05, 3.63) is 29.5 Å². The van der Waals surface area contributed by atoms with Crippen LogP contribution in [0, 0.1) is 12.8 Å². The molecule has 2 heterocycles. The van der Waals surface area contributed by atoms with Gasteiger partial charge in [-0.1, -0.05) is 16.8 Å². The molecule has 1 aromatic carbocycles. The van der Waals surface area contributed by atoms with Crippen molar-refractivity contribution in [2.75, 3.05) is 20.2 Å². The third-order valence-corrected chi connectivity index (χ3v) is 4.40. The maximum absolute atomic E-state index is 12.5. The van der Waals surface area contributed by atoms with E-state index < -0.39 is 0 Å². The Morgan fingerprint density at radius 3 is 2.78 bits per heavy atom. The monoisotopic (exact) mass is 316 g/mol. The fraction of sp³-hybridized carbons (Fsp3) is 0.471. The van der Waals surface area contributed by atoms with Crippen molar-refractivity contribution in [1.29, 1.82) is 0 Å². The van der Waals surface area contributed by atoms with Crippen molar-refractivity contribution < 1.29 is 18.8 Å². The summed E-state index contributed by atoms with van der Waals surface area (Å²) in [6.45, 7) is 3.15. The van der Waals surface area contributed by atoms with E-state index in [0.717, 1.165) is 10.9 Å². The third kappa shape index (κ3) is 3.21. The molecule has 23 heavy (non-hydrogen) atoms. The van der Waals surface area contributed by atoms with Gasteiger partial charge in [-0.05, 0) is 31.9 Å². The second kappa shape index (κ2) is 6.40. The van der Waals surface area contributed by atoms with E-state index in [1.54, 1.807) is 4.90 Å². The topological polar surface area (TPSA) is 72.6 Å². The first-order valence-electron chi connectivity index (χ1n) is 7.79. The maximum Gasteiger partial charge on any atom is 0.308 e. The molecule has 122 valence electrons. The number of hydrogen-bond acceptors (Lipinski definition) is 5. The zero-order valence-corrected chi connectivity index (χ0v) is 13.4. The SMILES string of the molecule is COC(=O)C1CCN(C(=O)Cc2noc3ccc(C)cc23)CC1. The molecule has 0 saturated carbocycles. The molecule has 0 aliphatic carbocycles. The third-order valence-electron chi connectivity index (χ3n) is 4.40. The summed E-state index contributed by atoms with van der Waals surface area (Å²) in [6, 6.07) is 5.81. The molecule has 6 nitrogen and oxygen atoms in total. The van der Waals surface area contributed by atoms with Gasteiger partial charge in [-0.25, -0.2) is 0 Å². The summed E-state index contributed by atoms with van der Waals surface area (Å²) in [6.07, 6.45) is 1.52. The number of amides is 1. The molecule has 0 bridgehead atoms. The van der Waals surface area contributed by atoms with E-state index in [1.165, 1.54) is 7.11 Å². The molecule has 6 heteroatoms. The van der Waals surface area contributed by atoms with Gasteiger partial charge in [0, 0.05) is 18.5 Å². The minimum Gasteiger partial charge on any atom is -0.469 e. The zero-order chi connectivity index (χ0) is 16.4. The lowest BCUT2D eigenvalue weighted by Gasteiger charge is -2.30. The number of aryl methyl sites for hydroxylation is 1. The quantitative estimate of drug-likeness (QED) is 0.811. The van der Waals surface area contributed by atoms with Crippen LogP contribution in [0.4, 0.5) is 0 Å². The predicted octanol–water partition coefficient (Wildman–Crippen LogP) is 2.09. The summed E-state index contributed by atoms with van der Waals surface area (Å²) in [5.74, 6) is -0.264. The van der Waals surface area contributed by atoms with E-state index >= 15 is 0 Å². The molecule has 0 radical (unpaired) electrons. The molecule has 1 saturated heterocycles. The number of ether oxygens (including phenoxy) is 1. The average Bonchev–Trinajstić information content (AvgIpc) is 2.96. The minimum atomic E-state index is -0.185. The Labute approximate surface area is 134 Å². The normalized spacial score (nSPS) is 15.8. The van der Waals surface area contributed by atoms with Gasteiger partial charge in [-0.2, -0.15) is 0 Å². The van der Waals surface area contributed by atoms with E-state index in [-0.39, 0.29) is 24.2 Å². The van der Waals surface area contributed by atoms with E-state index in [2.05, 4.69) is 5.16 Å². The lowest BCUT2D eigenvalue weighted by molar-refractivity contribution is -0.148.